The number of allylic oxidation sites excluding steroid dienone is 5. The largest absolute Gasteiger partial charge is 0.294 e. The van der Waals surface area contributed by atoms with Crippen LogP contribution in [-0.2, 0) is 0 Å². The summed E-state index contributed by atoms with van der Waals surface area (Å²) in [6.45, 7) is 14.9. The molecule has 0 amide bonds. The van der Waals surface area contributed by atoms with E-state index in [0.29, 0.717) is 0 Å². The minimum absolute atomic E-state index is 0.960. The van der Waals surface area contributed by atoms with Gasteiger partial charge in [0.15, 0.2) is 0 Å². The average molecular weight is 550 g/mol. The molecule has 5 atom stereocenters. The van der Waals surface area contributed by atoms with Crippen LogP contribution in [0, 0.1) is 35.5 Å². The van der Waals surface area contributed by atoms with Gasteiger partial charge in [-0.3, -0.25) is 4.99 Å². The minimum atomic E-state index is 0.960. The van der Waals surface area contributed by atoms with Crippen molar-refractivity contribution in [2.75, 3.05) is 6.54 Å². The van der Waals surface area contributed by atoms with Crippen LogP contribution in [-0.4, -0.2) is 12.3 Å². The van der Waals surface area contributed by atoms with Crippen LogP contribution in [0.1, 0.15) is 164 Å². The Morgan fingerprint density at radius 1 is 0.725 bits per heavy atom. The van der Waals surface area contributed by atoms with Gasteiger partial charge in [0.25, 0.3) is 0 Å². The van der Waals surface area contributed by atoms with Gasteiger partial charge in [-0.15, -0.1) is 0 Å². The van der Waals surface area contributed by atoms with Crippen LogP contribution in [0.3, 0.4) is 0 Å². The Hall–Kier alpha value is -1.11. The molecule has 0 heterocycles. The van der Waals surface area contributed by atoms with Crippen LogP contribution >= 0.6 is 0 Å². The Kier molecular flexibility index (Phi) is 15.4. The zero-order valence-corrected chi connectivity index (χ0v) is 27.8. The zero-order chi connectivity index (χ0) is 28.7. The second-order valence-electron chi connectivity index (χ2n) is 14.7. The lowest BCUT2D eigenvalue weighted by Crippen LogP contribution is -2.29. The average Bonchev–Trinajstić information content (AvgIpc) is 3.53. The molecule has 0 saturated heterocycles. The Bertz CT molecular complexity index is 837. The van der Waals surface area contributed by atoms with Crippen LogP contribution in [0.4, 0.5) is 0 Å². The number of rotatable bonds is 18. The number of unbranched alkanes of at least 4 members (excludes halogenated alkanes) is 1. The van der Waals surface area contributed by atoms with E-state index in [9.17, 15) is 0 Å². The molecule has 40 heavy (non-hydrogen) atoms. The molecule has 1 nitrogen and oxygen atoms in total. The quantitative estimate of drug-likeness (QED) is 0.0915. The molecular weight excluding hydrogens is 482 g/mol. The third kappa shape index (κ3) is 12.4. The summed E-state index contributed by atoms with van der Waals surface area (Å²) >= 11 is 0. The number of aliphatic imine (C=N–C) groups is 1. The van der Waals surface area contributed by atoms with Crippen LogP contribution in [0.2, 0.25) is 0 Å². The fraction of sp³-hybridized carbons (Fsp3) is 0.821. The van der Waals surface area contributed by atoms with Crippen LogP contribution in [0.25, 0.3) is 0 Å². The van der Waals surface area contributed by atoms with Crippen LogP contribution in [0.5, 0.6) is 0 Å². The maximum Gasteiger partial charge on any atom is 0.0425 e. The van der Waals surface area contributed by atoms with Crippen molar-refractivity contribution in [1.82, 2.24) is 0 Å². The Morgan fingerprint density at radius 2 is 1.45 bits per heavy atom. The molecule has 0 radical (unpaired) electrons. The summed E-state index contributed by atoms with van der Waals surface area (Å²) < 4.78 is 0. The van der Waals surface area contributed by atoms with Crippen molar-refractivity contribution >= 4 is 5.71 Å². The summed E-state index contributed by atoms with van der Waals surface area (Å²) in [5.74, 6) is 6.24. The fourth-order valence-corrected chi connectivity index (χ4v) is 8.08. The van der Waals surface area contributed by atoms with E-state index >= 15 is 0 Å². The first-order valence-corrected chi connectivity index (χ1v) is 17.8. The summed E-state index contributed by atoms with van der Waals surface area (Å²) in [4.78, 5) is 4.70. The highest BCUT2D eigenvalue weighted by molar-refractivity contribution is 5.81. The van der Waals surface area contributed by atoms with Gasteiger partial charge in [-0.2, -0.15) is 0 Å². The first-order valence-electron chi connectivity index (χ1n) is 17.8. The van der Waals surface area contributed by atoms with E-state index in [1.807, 2.05) is 0 Å². The van der Waals surface area contributed by atoms with E-state index in [2.05, 4.69) is 59.8 Å². The van der Waals surface area contributed by atoms with Gasteiger partial charge in [0.2, 0.25) is 0 Å². The summed E-state index contributed by atoms with van der Waals surface area (Å²) in [5.41, 5.74) is 6.01. The van der Waals surface area contributed by atoms with Crippen molar-refractivity contribution in [1.29, 1.82) is 0 Å². The molecule has 3 aliphatic carbocycles. The molecule has 0 aromatic carbocycles. The third-order valence-electron chi connectivity index (χ3n) is 11.0. The van der Waals surface area contributed by atoms with Gasteiger partial charge in [-0.05, 0) is 147 Å². The zero-order valence-electron chi connectivity index (χ0n) is 27.8. The van der Waals surface area contributed by atoms with E-state index in [1.54, 1.807) is 43.3 Å². The molecule has 0 bridgehead atoms. The van der Waals surface area contributed by atoms with Gasteiger partial charge < -0.3 is 0 Å². The SMILES string of the molecule is CCCC(C)=NCCC(C)=CCCCC(C)=CCCC(C)=CCC1CCC(CC(C2CCC2)C2CCC(C)C2)C1. The second-order valence-corrected chi connectivity index (χ2v) is 14.7. The van der Waals surface area contributed by atoms with E-state index in [4.69, 9.17) is 4.99 Å². The summed E-state index contributed by atoms with van der Waals surface area (Å²) in [7, 11) is 0. The molecule has 3 fully saturated rings. The lowest BCUT2D eigenvalue weighted by molar-refractivity contribution is 0.115. The van der Waals surface area contributed by atoms with E-state index in [-0.39, 0.29) is 0 Å². The highest BCUT2D eigenvalue weighted by Gasteiger charge is 2.38. The molecular formula is C39H67N. The maximum absolute atomic E-state index is 4.70. The molecule has 228 valence electrons. The highest BCUT2D eigenvalue weighted by atomic mass is 14.7. The standard InChI is InChI=1S/C39H67N/c1-7-12-34(6)40-26-25-32(4)14-9-8-13-30(2)15-10-16-31(3)19-21-35-22-23-36(28-35)29-39(37-17-11-18-37)38-24-20-33(5)27-38/h14-15,19,33,35-39H,7-13,16-18,20-29H2,1-6H3. The molecule has 0 aromatic heterocycles. The van der Waals surface area contributed by atoms with Crippen LogP contribution in [0.15, 0.2) is 39.9 Å². The van der Waals surface area contributed by atoms with Gasteiger partial charge in [0, 0.05) is 12.3 Å². The van der Waals surface area contributed by atoms with Gasteiger partial charge in [0.05, 0.1) is 0 Å². The predicted molar refractivity (Wildman–Crippen MR) is 179 cm³/mol. The van der Waals surface area contributed by atoms with Crippen molar-refractivity contribution in [2.45, 2.75) is 164 Å². The summed E-state index contributed by atoms with van der Waals surface area (Å²) in [6.07, 6.45) is 33.9. The number of nitrogens with zero attached hydrogens (tertiary/aromatic N) is 1. The van der Waals surface area contributed by atoms with Crippen molar-refractivity contribution < 1.29 is 0 Å². The molecule has 3 rings (SSSR count). The third-order valence-corrected chi connectivity index (χ3v) is 11.0. The van der Waals surface area contributed by atoms with Crippen molar-refractivity contribution in [3.8, 4) is 0 Å². The fourth-order valence-electron chi connectivity index (χ4n) is 8.08. The van der Waals surface area contributed by atoms with Crippen molar-refractivity contribution in [3.63, 3.8) is 0 Å². The lowest BCUT2D eigenvalue weighted by Gasteiger charge is -2.39. The summed E-state index contributed by atoms with van der Waals surface area (Å²) in [5, 5.41) is 0. The van der Waals surface area contributed by atoms with Gasteiger partial charge >= 0.3 is 0 Å². The monoisotopic (exact) mass is 550 g/mol. The minimum Gasteiger partial charge on any atom is -0.294 e. The molecule has 0 spiro atoms. The van der Waals surface area contributed by atoms with Gasteiger partial charge in [0.1, 0.15) is 0 Å². The van der Waals surface area contributed by atoms with E-state index < -0.39 is 0 Å². The molecule has 3 aliphatic rings. The Morgan fingerprint density at radius 3 is 2.15 bits per heavy atom. The normalized spacial score (nSPS) is 27.9. The van der Waals surface area contributed by atoms with E-state index in [1.165, 1.54) is 88.3 Å². The molecule has 5 unspecified atom stereocenters. The second kappa shape index (κ2) is 18.4. The van der Waals surface area contributed by atoms with Crippen molar-refractivity contribution in [2.24, 2.45) is 40.5 Å². The highest BCUT2D eigenvalue weighted by Crippen LogP contribution is 2.49. The predicted octanol–water partition coefficient (Wildman–Crippen LogP) is 12.5. The first-order chi connectivity index (χ1) is 19.3. The molecule has 0 aromatic rings. The summed E-state index contributed by atoms with van der Waals surface area (Å²) in [6, 6.07) is 0. The molecule has 0 N–H and O–H groups in total. The maximum atomic E-state index is 4.70. The molecule has 1 heteroatoms. The molecule has 3 saturated carbocycles. The topological polar surface area (TPSA) is 12.4 Å². The van der Waals surface area contributed by atoms with Crippen LogP contribution < -0.4 is 0 Å². The van der Waals surface area contributed by atoms with Crippen molar-refractivity contribution in [3.05, 3.63) is 34.9 Å². The molecule has 0 aliphatic heterocycles. The lowest BCUT2D eigenvalue weighted by atomic mass is 9.66. The Balaban J connectivity index is 1.27. The van der Waals surface area contributed by atoms with Gasteiger partial charge in [-0.1, -0.05) is 87.3 Å². The smallest absolute Gasteiger partial charge is 0.0425 e. The number of hydrogen-bond acceptors (Lipinski definition) is 1. The van der Waals surface area contributed by atoms with E-state index in [0.717, 1.165) is 54.9 Å². The first kappa shape index (κ1) is 33.4. The Labute approximate surface area is 250 Å². The van der Waals surface area contributed by atoms with Gasteiger partial charge in [-0.25, -0.2) is 0 Å². The number of hydrogen-bond donors (Lipinski definition) is 0.